The van der Waals surface area contributed by atoms with Gasteiger partial charge in [0.1, 0.15) is 0 Å². The zero-order valence-electron chi connectivity index (χ0n) is 9.83. The van der Waals surface area contributed by atoms with Gasteiger partial charge in [-0.2, -0.15) is 0 Å². The third-order valence-electron chi connectivity index (χ3n) is 3.03. The molecule has 4 heteroatoms. The molecule has 2 unspecified atom stereocenters. The van der Waals surface area contributed by atoms with Crippen LogP contribution in [0.25, 0.3) is 0 Å². The highest BCUT2D eigenvalue weighted by molar-refractivity contribution is 5.77. The molecule has 3 N–H and O–H groups in total. The van der Waals surface area contributed by atoms with E-state index in [1.165, 1.54) is 0 Å². The van der Waals surface area contributed by atoms with Gasteiger partial charge in [-0.1, -0.05) is 6.92 Å². The standard InChI is InChI=1S/C11H23N3O/c1-3-6-13-11(15)8-14(2)10-5-4-9(12)7-10/h9-10H,3-8,12H2,1-2H3,(H,13,15). The summed E-state index contributed by atoms with van der Waals surface area (Å²) in [5.74, 6) is 0.125. The van der Waals surface area contributed by atoms with Crippen molar-refractivity contribution in [1.82, 2.24) is 10.2 Å². The van der Waals surface area contributed by atoms with Gasteiger partial charge in [-0.25, -0.2) is 0 Å². The number of amides is 1. The number of nitrogens with one attached hydrogen (secondary N) is 1. The first kappa shape index (κ1) is 12.5. The van der Waals surface area contributed by atoms with Gasteiger partial charge >= 0.3 is 0 Å². The second-order valence-electron chi connectivity index (χ2n) is 4.49. The molecule has 1 aliphatic rings. The Balaban J connectivity index is 2.22. The van der Waals surface area contributed by atoms with E-state index in [9.17, 15) is 4.79 Å². The lowest BCUT2D eigenvalue weighted by Gasteiger charge is -2.23. The predicted octanol–water partition coefficient (Wildman–Crippen LogP) is 0.324. The molecule has 1 aliphatic carbocycles. The van der Waals surface area contributed by atoms with E-state index < -0.39 is 0 Å². The lowest BCUT2D eigenvalue weighted by molar-refractivity contribution is -0.122. The number of hydrogen-bond acceptors (Lipinski definition) is 3. The third kappa shape index (κ3) is 4.18. The summed E-state index contributed by atoms with van der Waals surface area (Å²) in [6.45, 7) is 3.33. The topological polar surface area (TPSA) is 58.4 Å². The van der Waals surface area contributed by atoms with Gasteiger partial charge in [0.05, 0.1) is 6.54 Å². The molecule has 0 heterocycles. The quantitative estimate of drug-likeness (QED) is 0.691. The Morgan fingerprint density at radius 1 is 1.53 bits per heavy atom. The number of carbonyl (C=O) groups is 1. The molecule has 0 aliphatic heterocycles. The fraction of sp³-hybridized carbons (Fsp3) is 0.909. The van der Waals surface area contributed by atoms with E-state index in [0.29, 0.717) is 18.6 Å². The maximum Gasteiger partial charge on any atom is 0.234 e. The molecule has 0 aromatic rings. The van der Waals surface area contributed by atoms with Crippen molar-refractivity contribution in [2.45, 2.75) is 44.7 Å². The molecule has 0 radical (unpaired) electrons. The highest BCUT2D eigenvalue weighted by Gasteiger charge is 2.25. The van der Waals surface area contributed by atoms with Crippen molar-refractivity contribution in [2.24, 2.45) is 5.73 Å². The van der Waals surface area contributed by atoms with E-state index in [4.69, 9.17) is 5.73 Å². The summed E-state index contributed by atoms with van der Waals surface area (Å²) in [6, 6.07) is 0.823. The molecule has 15 heavy (non-hydrogen) atoms. The van der Waals surface area contributed by atoms with Crippen LogP contribution in [0.4, 0.5) is 0 Å². The van der Waals surface area contributed by atoms with Gasteiger partial charge in [0.15, 0.2) is 0 Å². The molecule has 1 amide bonds. The summed E-state index contributed by atoms with van der Waals surface area (Å²) in [4.78, 5) is 13.6. The van der Waals surface area contributed by atoms with E-state index in [1.54, 1.807) is 0 Å². The van der Waals surface area contributed by atoms with Crippen LogP contribution >= 0.6 is 0 Å². The van der Waals surface area contributed by atoms with Crippen LogP contribution in [0, 0.1) is 0 Å². The largest absolute Gasteiger partial charge is 0.355 e. The van der Waals surface area contributed by atoms with Crippen molar-refractivity contribution < 1.29 is 4.79 Å². The molecule has 0 aromatic heterocycles. The Morgan fingerprint density at radius 3 is 2.80 bits per heavy atom. The second kappa shape index (κ2) is 6.08. The van der Waals surface area contributed by atoms with Gasteiger partial charge in [0, 0.05) is 18.6 Å². The van der Waals surface area contributed by atoms with Crippen molar-refractivity contribution in [1.29, 1.82) is 0 Å². The van der Waals surface area contributed by atoms with Crippen LogP contribution in [0.3, 0.4) is 0 Å². The molecule has 0 spiro atoms. The number of likely N-dealkylation sites (N-methyl/N-ethyl adjacent to an activating group) is 1. The minimum Gasteiger partial charge on any atom is -0.355 e. The number of carbonyl (C=O) groups excluding carboxylic acids is 1. The Morgan fingerprint density at radius 2 is 2.27 bits per heavy atom. The molecule has 0 bridgehead atoms. The van der Waals surface area contributed by atoms with Crippen molar-refractivity contribution in [3.63, 3.8) is 0 Å². The van der Waals surface area contributed by atoms with E-state index in [-0.39, 0.29) is 5.91 Å². The molecule has 1 rings (SSSR count). The van der Waals surface area contributed by atoms with Crippen LogP contribution in [0.5, 0.6) is 0 Å². The maximum atomic E-state index is 11.5. The summed E-state index contributed by atoms with van der Waals surface area (Å²) < 4.78 is 0. The molecule has 0 aromatic carbocycles. The predicted molar refractivity (Wildman–Crippen MR) is 61.5 cm³/mol. The molecule has 1 saturated carbocycles. The lowest BCUT2D eigenvalue weighted by atomic mass is 10.2. The highest BCUT2D eigenvalue weighted by Crippen LogP contribution is 2.21. The Bertz CT molecular complexity index is 208. The van der Waals surface area contributed by atoms with Crippen molar-refractivity contribution in [3.05, 3.63) is 0 Å². The van der Waals surface area contributed by atoms with Crippen LogP contribution < -0.4 is 11.1 Å². The molecular weight excluding hydrogens is 190 g/mol. The Hall–Kier alpha value is -0.610. The van der Waals surface area contributed by atoms with Crippen molar-refractivity contribution in [2.75, 3.05) is 20.1 Å². The minimum absolute atomic E-state index is 0.125. The minimum atomic E-state index is 0.125. The monoisotopic (exact) mass is 213 g/mol. The summed E-state index contributed by atoms with van der Waals surface area (Å²) in [6.07, 6.45) is 4.23. The molecule has 1 fully saturated rings. The molecular formula is C11H23N3O. The molecule has 88 valence electrons. The molecule has 2 atom stereocenters. The maximum absolute atomic E-state index is 11.5. The van der Waals surface area contributed by atoms with Crippen molar-refractivity contribution >= 4 is 5.91 Å². The number of hydrogen-bond donors (Lipinski definition) is 2. The van der Waals surface area contributed by atoms with Gasteiger partial charge < -0.3 is 11.1 Å². The first-order chi connectivity index (χ1) is 7.13. The number of nitrogens with two attached hydrogens (primary N) is 1. The number of nitrogens with zero attached hydrogens (tertiary/aromatic N) is 1. The van der Waals surface area contributed by atoms with Crippen LogP contribution in [-0.2, 0) is 4.79 Å². The highest BCUT2D eigenvalue weighted by atomic mass is 16.2. The SMILES string of the molecule is CCCNC(=O)CN(C)C1CCC(N)C1. The normalized spacial score (nSPS) is 25.9. The number of rotatable bonds is 5. The van der Waals surface area contributed by atoms with E-state index >= 15 is 0 Å². The van der Waals surface area contributed by atoms with Crippen molar-refractivity contribution in [3.8, 4) is 0 Å². The van der Waals surface area contributed by atoms with Crippen LogP contribution in [0.15, 0.2) is 0 Å². The van der Waals surface area contributed by atoms with Gasteiger partial charge in [-0.05, 0) is 32.7 Å². The Kier molecular flexibility index (Phi) is 5.05. The summed E-state index contributed by atoms with van der Waals surface area (Å²) in [7, 11) is 2.01. The van der Waals surface area contributed by atoms with Gasteiger partial charge in [0.25, 0.3) is 0 Å². The second-order valence-corrected chi connectivity index (χ2v) is 4.49. The lowest BCUT2D eigenvalue weighted by Crippen LogP contribution is -2.40. The van der Waals surface area contributed by atoms with Gasteiger partial charge in [-0.15, -0.1) is 0 Å². The zero-order chi connectivity index (χ0) is 11.3. The summed E-state index contributed by atoms with van der Waals surface area (Å²) in [5, 5.41) is 2.89. The summed E-state index contributed by atoms with van der Waals surface area (Å²) in [5.41, 5.74) is 5.85. The van der Waals surface area contributed by atoms with E-state index in [1.807, 2.05) is 7.05 Å². The molecule has 4 nitrogen and oxygen atoms in total. The smallest absolute Gasteiger partial charge is 0.234 e. The van der Waals surface area contributed by atoms with Gasteiger partial charge in [0.2, 0.25) is 5.91 Å². The van der Waals surface area contributed by atoms with Crippen LogP contribution in [0.2, 0.25) is 0 Å². The van der Waals surface area contributed by atoms with Crippen LogP contribution in [-0.4, -0.2) is 43.0 Å². The molecule has 0 saturated heterocycles. The third-order valence-corrected chi connectivity index (χ3v) is 3.03. The average Bonchev–Trinajstić information content (AvgIpc) is 2.61. The summed E-state index contributed by atoms with van der Waals surface area (Å²) >= 11 is 0. The van der Waals surface area contributed by atoms with Crippen LogP contribution in [0.1, 0.15) is 32.6 Å². The first-order valence-corrected chi connectivity index (χ1v) is 5.86. The van der Waals surface area contributed by atoms with Gasteiger partial charge in [-0.3, -0.25) is 9.69 Å². The fourth-order valence-electron chi connectivity index (χ4n) is 2.07. The van der Waals surface area contributed by atoms with E-state index in [2.05, 4.69) is 17.1 Å². The fourth-order valence-corrected chi connectivity index (χ4v) is 2.07. The zero-order valence-corrected chi connectivity index (χ0v) is 9.83. The Labute approximate surface area is 92.2 Å². The average molecular weight is 213 g/mol. The first-order valence-electron chi connectivity index (χ1n) is 5.86. The van der Waals surface area contributed by atoms with E-state index in [0.717, 1.165) is 32.2 Å².